The minimum Gasteiger partial charge on any atom is -0.348 e. The van der Waals surface area contributed by atoms with Gasteiger partial charge >= 0.3 is 0 Å². The molecule has 148 valence electrons. The number of aryl methyl sites for hydroxylation is 3. The Balaban J connectivity index is 1.52. The van der Waals surface area contributed by atoms with Crippen LogP contribution in [0, 0.1) is 13.8 Å². The first-order chi connectivity index (χ1) is 13.4. The molecule has 0 saturated heterocycles. The third kappa shape index (κ3) is 5.07. The third-order valence-electron chi connectivity index (χ3n) is 5.03. The number of amides is 2. The molecule has 1 aliphatic rings. The van der Waals surface area contributed by atoms with Crippen LogP contribution in [0.3, 0.4) is 0 Å². The molecular formula is C22H26N2O3S. The van der Waals surface area contributed by atoms with E-state index >= 15 is 0 Å². The summed E-state index contributed by atoms with van der Waals surface area (Å²) >= 11 is 0. The molecule has 2 unspecified atom stereocenters. The van der Waals surface area contributed by atoms with Crippen LogP contribution in [0.1, 0.15) is 41.1 Å². The number of hydrogen-bond acceptors (Lipinski definition) is 3. The van der Waals surface area contributed by atoms with Crippen molar-refractivity contribution < 1.29 is 13.8 Å². The van der Waals surface area contributed by atoms with Gasteiger partial charge in [0.05, 0.1) is 6.04 Å². The van der Waals surface area contributed by atoms with Crippen molar-refractivity contribution in [1.82, 2.24) is 5.32 Å². The van der Waals surface area contributed by atoms with Gasteiger partial charge in [-0.2, -0.15) is 0 Å². The van der Waals surface area contributed by atoms with Crippen molar-refractivity contribution in [3.63, 3.8) is 0 Å². The SMILES string of the molecule is Cc1cccc(C)c1NC(=O)CS(=O)CC(=O)NC1CCCc2ccccc21. The fourth-order valence-electron chi connectivity index (χ4n) is 3.67. The molecule has 0 spiro atoms. The number of anilines is 1. The van der Waals surface area contributed by atoms with Crippen LogP contribution in [0.2, 0.25) is 0 Å². The maximum atomic E-state index is 12.3. The van der Waals surface area contributed by atoms with E-state index in [2.05, 4.69) is 16.7 Å². The van der Waals surface area contributed by atoms with Crippen LogP contribution in [0.5, 0.6) is 0 Å². The molecule has 1 aliphatic carbocycles. The summed E-state index contributed by atoms with van der Waals surface area (Å²) in [5.74, 6) is -0.979. The van der Waals surface area contributed by atoms with E-state index in [1.807, 2.05) is 50.2 Å². The Bertz CT molecular complexity index is 890. The highest BCUT2D eigenvalue weighted by Gasteiger charge is 2.22. The minimum absolute atomic E-state index is 0.0436. The van der Waals surface area contributed by atoms with Gasteiger partial charge < -0.3 is 10.6 Å². The number of hydrogen-bond donors (Lipinski definition) is 2. The van der Waals surface area contributed by atoms with Gasteiger partial charge in [0.25, 0.3) is 0 Å². The normalized spacial score (nSPS) is 16.7. The van der Waals surface area contributed by atoms with Gasteiger partial charge in [0.1, 0.15) is 11.5 Å². The van der Waals surface area contributed by atoms with Gasteiger partial charge in [-0.15, -0.1) is 0 Å². The van der Waals surface area contributed by atoms with Crippen LogP contribution < -0.4 is 10.6 Å². The topological polar surface area (TPSA) is 75.3 Å². The first-order valence-corrected chi connectivity index (χ1v) is 11.0. The van der Waals surface area contributed by atoms with Crippen LogP contribution in [-0.4, -0.2) is 27.5 Å². The fraction of sp³-hybridized carbons (Fsp3) is 0.364. The van der Waals surface area contributed by atoms with E-state index in [0.717, 1.165) is 41.6 Å². The lowest BCUT2D eigenvalue weighted by Crippen LogP contribution is -2.35. The standard InChI is InChI=1S/C22H26N2O3S/c1-15-7-5-8-16(2)22(15)24-21(26)14-28(27)13-20(25)23-19-12-6-10-17-9-3-4-11-18(17)19/h3-5,7-9,11,19H,6,10,12-14H2,1-2H3,(H,23,25)(H,24,26). The zero-order valence-corrected chi connectivity index (χ0v) is 17.1. The Morgan fingerprint density at radius 2 is 1.68 bits per heavy atom. The van der Waals surface area contributed by atoms with Crippen molar-refractivity contribution in [2.75, 3.05) is 16.8 Å². The second-order valence-corrected chi connectivity index (χ2v) is 8.71. The second-order valence-electron chi connectivity index (χ2n) is 7.25. The lowest BCUT2D eigenvalue weighted by molar-refractivity contribution is -0.119. The molecule has 3 rings (SSSR count). The van der Waals surface area contributed by atoms with Crippen molar-refractivity contribution in [1.29, 1.82) is 0 Å². The minimum atomic E-state index is -1.55. The summed E-state index contributed by atoms with van der Waals surface area (Å²) < 4.78 is 12.3. The molecule has 6 heteroatoms. The Kier molecular flexibility index (Phi) is 6.62. The molecule has 2 N–H and O–H groups in total. The van der Waals surface area contributed by atoms with Crippen molar-refractivity contribution in [3.8, 4) is 0 Å². The maximum Gasteiger partial charge on any atom is 0.237 e. The lowest BCUT2D eigenvalue weighted by atomic mass is 9.88. The molecule has 28 heavy (non-hydrogen) atoms. The number of para-hydroxylation sites is 1. The number of fused-ring (bicyclic) bond motifs is 1. The zero-order chi connectivity index (χ0) is 20.1. The first-order valence-electron chi connectivity index (χ1n) is 9.52. The Hall–Kier alpha value is -2.47. The predicted octanol–water partition coefficient (Wildman–Crippen LogP) is 3.18. The van der Waals surface area contributed by atoms with Gasteiger partial charge in [-0.05, 0) is 55.4 Å². The molecule has 2 aromatic carbocycles. The van der Waals surface area contributed by atoms with Crippen LogP contribution in [0.15, 0.2) is 42.5 Å². The number of benzene rings is 2. The van der Waals surface area contributed by atoms with Crippen LogP contribution in [-0.2, 0) is 26.8 Å². The molecule has 2 atom stereocenters. The summed E-state index contributed by atoms with van der Waals surface area (Å²) in [6.07, 6.45) is 2.92. The fourth-order valence-corrected chi connectivity index (χ4v) is 4.51. The van der Waals surface area contributed by atoms with Crippen LogP contribution >= 0.6 is 0 Å². The van der Waals surface area contributed by atoms with Crippen molar-refractivity contribution in [2.24, 2.45) is 0 Å². The molecule has 0 saturated carbocycles. The van der Waals surface area contributed by atoms with Gasteiger partial charge in [0, 0.05) is 16.5 Å². The van der Waals surface area contributed by atoms with E-state index in [-0.39, 0.29) is 29.4 Å². The van der Waals surface area contributed by atoms with Gasteiger partial charge in [0.2, 0.25) is 11.8 Å². The third-order valence-corrected chi connectivity index (χ3v) is 6.20. The second kappa shape index (κ2) is 9.15. The number of nitrogens with one attached hydrogen (secondary N) is 2. The Morgan fingerprint density at radius 3 is 2.43 bits per heavy atom. The van der Waals surface area contributed by atoms with Crippen LogP contribution in [0.25, 0.3) is 0 Å². The summed E-state index contributed by atoms with van der Waals surface area (Å²) in [7, 11) is -1.55. The van der Waals surface area contributed by atoms with E-state index < -0.39 is 10.8 Å². The molecule has 0 aliphatic heterocycles. The molecule has 0 heterocycles. The monoisotopic (exact) mass is 398 g/mol. The average molecular weight is 399 g/mol. The van der Waals surface area contributed by atoms with E-state index in [1.165, 1.54) is 5.56 Å². The van der Waals surface area contributed by atoms with E-state index in [4.69, 9.17) is 0 Å². The van der Waals surface area contributed by atoms with Crippen molar-refractivity contribution >= 4 is 28.3 Å². The number of carbonyl (C=O) groups is 2. The van der Waals surface area contributed by atoms with Crippen LogP contribution in [0.4, 0.5) is 5.69 Å². The molecular weight excluding hydrogens is 372 g/mol. The number of carbonyl (C=O) groups excluding carboxylic acids is 2. The molecule has 2 aromatic rings. The Labute approximate surface area is 168 Å². The van der Waals surface area contributed by atoms with Crippen molar-refractivity contribution in [3.05, 3.63) is 64.7 Å². The summed E-state index contributed by atoms with van der Waals surface area (Å²) in [5.41, 5.74) is 5.04. The molecule has 0 fully saturated rings. The Morgan fingerprint density at radius 1 is 1.00 bits per heavy atom. The summed E-state index contributed by atoms with van der Waals surface area (Å²) in [4.78, 5) is 24.6. The average Bonchev–Trinajstić information content (AvgIpc) is 2.65. The largest absolute Gasteiger partial charge is 0.348 e. The van der Waals surface area contributed by atoms with E-state index in [0.29, 0.717) is 0 Å². The molecule has 2 amide bonds. The van der Waals surface area contributed by atoms with Gasteiger partial charge in [-0.25, -0.2) is 0 Å². The molecule has 0 radical (unpaired) electrons. The molecule has 5 nitrogen and oxygen atoms in total. The number of rotatable bonds is 6. The smallest absolute Gasteiger partial charge is 0.237 e. The van der Waals surface area contributed by atoms with Gasteiger partial charge in [0.15, 0.2) is 0 Å². The van der Waals surface area contributed by atoms with Crippen molar-refractivity contribution in [2.45, 2.75) is 39.2 Å². The summed E-state index contributed by atoms with van der Waals surface area (Å²) in [5, 5.41) is 5.80. The van der Waals surface area contributed by atoms with E-state index in [1.54, 1.807) is 0 Å². The van der Waals surface area contributed by atoms with Gasteiger partial charge in [-0.1, -0.05) is 42.5 Å². The lowest BCUT2D eigenvalue weighted by Gasteiger charge is -2.26. The molecule has 0 aromatic heterocycles. The quantitative estimate of drug-likeness (QED) is 0.785. The summed E-state index contributed by atoms with van der Waals surface area (Å²) in [6, 6.07) is 13.8. The first kappa shape index (κ1) is 20.3. The maximum absolute atomic E-state index is 12.3. The highest BCUT2D eigenvalue weighted by atomic mass is 32.2. The summed E-state index contributed by atoms with van der Waals surface area (Å²) in [6.45, 7) is 3.82. The predicted molar refractivity (Wildman–Crippen MR) is 113 cm³/mol. The highest BCUT2D eigenvalue weighted by Crippen LogP contribution is 2.29. The highest BCUT2D eigenvalue weighted by molar-refractivity contribution is 7.86. The zero-order valence-electron chi connectivity index (χ0n) is 16.3. The van der Waals surface area contributed by atoms with Gasteiger partial charge in [-0.3, -0.25) is 13.8 Å². The van der Waals surface area contributed by atoms with E-state index in [9.17, 15) is 13.8 Å². The molecule has 0 bridgehead atoms.